The van der Waals surface area contributed by atoms with Gasteiger partial charge in [0.05, 0.1) is 11.8 Å². The lowest BCUT2D eigenvalue weighted by atomic mass is 10.1. The van der Waals surface area contributed by atoms with Crippen molar-refractivity contribution in [3.8, 4) is 11.7 Å². The maximum atomic E-state index is 11.9. The van der Waals surface area contributed by atoms with E-state index in [1.807, 2.05) is 12.1 Å². The number of aromatic nitrogens is 2. The van der Waals surface area contributed by atoms with Gasteiger partial charge in [-0.1, -0.05) is 19.1 Å². The zero-order chi connectivity index (χ0) is 15.4. The molecule has 2 heterocycles. The quantitative estimate of drug-likeness (QED) is 0.673. The molecule has 0 aliphatic rings. The molecule has 0 aliphatic carbocycles. The molecular formula is C16H14N2O4. The molecule has 22 heavy (non-hydrogen) atoms. The van der Waals surface area contributed by atoms with E-state index in [2.05, 4.69) is 17.1 Å². The van der Waals surface area contributed by atoms with Gasteiger partial charge in [-0.05, 0) is 36.2 Å². The van der Waals surface area contributed by atoms with Crippen molar-refractivity contribution < 1.29 is 18.4 Å². The molecule has 0 radical (unpaired) electrons. The Bertz CT molecular complexity index is 745. The van der Waals surface area contributed by atoms with Gasteiger partial charge in [0.15, 0.2) is 12.4 Å². The number of benzene rings is 1. The van der Waals surface area contributed by atoms with E-state index in [1.165, 1.54) is 6.26 Å². The van der Waals surface area contributed by atoms with Gasteiger partial charge in [0.25, 0.3) is 11.8 Å². The van der Waals surface area contributed by atoms with Crippen LogP contribution < -0.4 is 0 Å². The highest BCUT2D eigenvalue weighted by molar-refractivity contribution is 5.89. The van der Waals surface area contributed by atoms with Crippen LogP contribution in [0.1, 0.15) is 28.7 Å². The molecule has 0 saturated carbocycles. The normalized spacial score (nSPS) is 10.6. The average molecular weight is 298 g/mol. The van der Waals surface area contributed by atoms with Gasteiger partial charge >= 0.3 is 5.97 Å². The van der Waals surface area contributed by atoms with Gasteiger partial charge in [0.1, 0.15) is 0 Å². The van der Waals surface area contributed by atoms with Gasteiger partial charge in [0.2, 0.25) is 0 Å². The van der Waals surface area contributed by atoms with Crippen LogP contribution in [-0.4, -0.2) is 16.2 Å². The summed E-state index contributed by atoms with van der Waals surface area (Å²) in [5, 5.41) is 7.64. The summed E-state index contributed by atoms with van der Waals surface area (Å²) in [7, 11) is 0. The van der Waals surface area contributed by atoms with Gasteiger partial charge < -0.3 is 13.6 Å². The molecule has 2 aromatic heterocycles. The van der Waals surface area contributed by atoms with Crippen molar-refractivity contribution in [2.45, 2.75) is 20.0 Å². The fraction of sp³-hybridized carbons (Fsp3) is 0.188. The fourth-order valence-corrected chi connectivity index (χ4v) is 1.90. The summed E-state index contributed by atoms with van der Waals surface area (Å²) in [6.07, 6.45) is 2.44. The number of furan rings is 1. The van der Waals surface area contributed by atoms with E-state index < -0.39 is 5.97 Å². The summed E-state index contributed by atoms with van der Waals surface area (Å²) in [6, 6.07) is 10.7. The van der Waals surface area contributed by atoms with Gasteiger partial charge in [-0.2, -0.15) is 0 Å². The molecule has 0 saturated heterocycles. The van der Waals surface area contributed by atoms with E-state index in [9.17, 15) is 4.79 Å². The average Bonchev–Trinajstić information content (AvgIpc) is 3.23. The molecule has 0 aliphatic heterocycles. The summed E-state index contributed by atoms with van der Waals surface area (Å²) < 4.78 is 15.7. The molecule has 0 spiro atoms. The Morgan fingerprint density at radius 1 is 1.18 bits per heavy atom. The molecule has 3 aromatic rings. The lowest BCUT2D eigenvalue weighted by Crippen LogP contribution is -2.05. The van der Waals surface area contributed by atoms with Crippen LogP contribution in [0.2, 0.25) is 0 Å². The summed E-state index contributed by atoms with van der Waals surface area (Å²) in [5.41, 5.74) is 1.65. The first-order valence-electron chi connectivity index (χ1n) is 6.88. The Balaban J connectivity index is 1.61. The highest BCUT2D eigenvalue weighted by Gasteiger charge is 2.13. The topological polar surface area (TPSA) is 78.4 Å². The van der Waals surface area contributed by atoms with Crippen LogP contribution in [0, 0.1) is 0 Å². The van der Waals surface area contributed by atoms with Crippen molar-refractivity contribution in [2.24, 2.45) is 0 Å². The van der Waals surface area contributed by atoms with Crippen molar-refractivity contribution in [2.75, 3.05) is 0 Å². The van der Waals surface area contributed by atoms with Crippen molar-refractivity contribution >= 4 is 5.97 Å². The van der Waals surface area contributed by atoms with E-state index in [0.29, 0.717) is 11.3 Å². The maximum Gasteiger partial charge on any atom is 0.338 e. The van der Waals surface area contributed by atoms with E-state index in [4.69, 9.17) is 13.6 Å². The predicted octanol–water partition coefficient (Wildman–Crippen LogP) is 3.25. The SMILES string of the molecule is CCc1ccc(C(=O)OCc2nnc(-c3ccco3)o2)cc1. The Morgan fingerprint density at radius 3 is 2.68 bits per heavy atom. The number of carbonyl (C=O) groups is 1. The largest absolute Gasteiger partial charge is 0.459 e. The minimum absolute atomic E-state index is 0.0813. The smallest absolute Gasteiger partial charge is 0.338 e. The molecule has 0 fully saturated rings. The van der Waals surface area contributed by atoms with Crippen LogP contribution in [0.5, 0.6) is 0 Å². The summed E-state index contributed by atoms with van der Waals surface area (Å²) in [6.45, 7) is 1.97. The minimum Gasteiger partial charge on any atom is -0.459 e. The molecule has 0 unspecified atom stereocenters. The standard InChI is InChI=1S/C16H14N2O4/c1-2-11-5-7-12(8-6-11)16(19)21-10-14-17-18-15(22-14)13-4-3-9-20-13/h3-9H,2,10H2,1H3. The number of hydrogen-bond donors (Lipinski definition) is 0. The van der Waals surface area contributed by atoms with E-state index in [1.54, 1.807) is 24.3 Å². The number of rotatable bonds is 5. The monoisotopic (exact) mass is 298 g/mol. The van der Waals surface area contributed by atoms with Gasteiger partial charge in [-0.3, -0.25) is 0 Å². The summed E-state index contributed by atoms with van der Waals surface area (Å²) in [5.74, 6) is 0.508. The molecule has 0 N–H and O–H groups in total. The van der Waals surface area contributed by atoms with Crippen LogP contribution in [0.25, 0.3) is 11.7 Å². The van der Waals surface area contributed by atoms with Crippen LogP contribution in [0.15, 0.2) is 51.5 Å². The zero-order valence-electron chi connectivity index (χ0n) is 12.0. The lowest BCUT2D eigenvalue weighted by molar-refractivity contribution is 0.0438. The van der Waals surface area contributed by atoms with Crippen molar-refractivity contribution in [1.29, 1.82) is 0 Å². The predicted molar refractivity (Wildman–Crippen MR) is 76.9 cm³/mol. The third kappa shape index (κ3) is 3.06. The Morgan fingerprint density at radius 2 is 2.00 bits per heavy atom. The van der Waals surface area contributed by atoms with E-state index >= 15 is 0 Å². The number of aryl methyl sites for hydroxylation is 1. The van der Waals surface area contributed by atoms with Crippen LogP contribution >= 0.6 is 0 Å². The molecule has 0 amide bonds. The minimum atomic E-state index is -0.430. The highest BCUT2D eigenvalue weighted by Crippen LogP contribution is 2.18. The second-order valence-corrected chi connectivity index (χ2v) is 4.60. The third-order valence-electron chi connectivity index (χ3n) is 3.12. The Hall–Kier alpha value is -2.89. The molecule has 1 aromatic carbocycles. The Kier molecular flexibility index (Phi) is 4.00. The molecule has 0 bridgehead atoms. The fourth-order valence-electron chi connectivity index (χ4n) is 1.90. The molecule has 6 nitrogen and oxygen atoms in total. The van der Waals surface area contributed by atoms with Crippen LogP contribution in [0.3, 0.4) is 0 Å². The van der Waals surface area contributed by atoms with Gasteiger partial charge in [-0.15, -0.1) is 10.2 Å². The lowest BCUT2D eigenvalue weighted by Gasteiger charge is -2.03. The van der Waals surface area contributed by atoms with Crippen molar-refractivity contribution in [3.63, 3.8) is 0 Å². The molecule has 0 atom stereocenters. The Labute approximate surface area is 126 Å². The van der Waals surface area contributed by atoms with Crippen molar-refractivity contribution in [1.82, 2.24) is 10.2 Å². The first kappa shape index (κ1) is 14.1. The molecular weight excluding hydrogens is 284 g/mol. The van der Waals surface area contributed by atoms with Crippen LogP contribution in [0.4, 0.5) is 0 Å². The van der Waals surface area contributed by atoms with Gasteiger partial charge in [-0.25, -0.2) is 4.79 Å². The molecule has 3 rings (SSSR count). The number of carbonyl (C=O) groups excluding carboxylic acids is 1. The number of nitrogens with zero attached hydrogens (tertiary/aromatic N) is 2. The highest BCUT2D eigenvalue weighted by atomic mass is 16.5. The van der Waals surface area contributed by atoms with Gasteiger partial charge in [0, 0.05) is 0 Å². The molecule has 112 valence electrons. The van der Waals surface area contributed by atoms with E-state index in [0.717, 1.165) is 12.0 Å². The zero-order valence-corrected chi connectivity index (χ0v) is 12.0. The number of esters is 1. The van der Waals surface area contributed by atoms with Crippen molar-refractivity contribution in [3.05, 3.63) is 59.7 Å². The second-order valence-electron chi connectivity index (χ2n) is 4.60. The summed E-state index contributed by atoms with van der Waals surface area (Å²) in [4.78, 5) is 11.9. The first-order valence-corrected chi connectivity index (χ1v) is 6.88. The number of ether oxygens (including phenoxy) is 1. The number of hydrogen-bond acceptors (Lipinski definition) is 6. The second kappa shape index (κ2) is 6.26. The van der Waals surface area contributed by atoms with Crippen LogP contribution in [-0.2, 0) is 17.8 Å². The van der Waals surface area contributed by atoms with E-state index in [-0.39, 0.29) is 18.4 Å². The first-order chi connectivity index (χ1) is 10.8. The summed E-state index contributed by atoms with van der Waals surface area (Å²) >= 11 is 0. The maximum absolute atomic E-state index is 11.9. The molecule has 6 heteroatoms. The third-order valence-corrected chi connectivity index (χ3v) is 3.12.